The Morgan fingerprint density at radius 3 is 2.59 bits per heavy atom. The molecule has 1 amide bonds. The Morgan fingerprint density at radius 1 is 1.32 bits per heavy atom. The molecule has 0 aliphatic carbocycles. The van der Waals surface area contributed by atoms with E-state index in [2.05, 4.69) is 10.3 Å². The second-order valence-electron chi connectivity index (χ2n) is 4.04. The average molecular weight is 364 g/mol. The Bertz CT molecular complexity index is 576. The van der Waals surface area contributed by atoms with E-state index < -0.39 is 0 Å². The van der Waals surface area contributed by atoms with Crippen LogP contribution in [0.5, 0.6) is 5.75 Å². The topological polar surface area (TPSA) is 77.2 Å². The highest BCUT2D eigenvalue weighted by atomic mass is 35.5. The molecule has 0 radical (unpaired) electrons. The van der Waals surface area contributed by atoms with Gasteiger partial charge in [-0.15, -0.1) is 36.2 Å². The van der Waals surface area contributed by atoms with Crippen molar-refractivity contribution < 1.29 is 9.53 Å². The molecule has 122 valence electrons. The molecule has 0 aliphatic heterocycles. The van der Waals surface area contributed by atoms with E-state index in [-0.39, 0.29) is 30.7 Å². The molecule has 0 atom stereocenters. The molecule has 0 unspecified atom stereocenters. The van der Waals surface area contributed by atoms with Crippen molar-refractivity contribution in [3.8, 4) is 16.3 Å². The Labute approximate surface area is 146 Å². The number of amides is 1. The van der Waals surface area contributed by atoms with E-state index in [4.69, 9.17) is 10.5 Å². The predicted molar refractivity (Wildman–Crippen MR) is 94.6 cm³/mol. The van der Waals surface area contributed by atoms with Crippen LogP contribution < -0.4 is 15.8 Å². The summed E-state index contributed by atoms with van der Waals surface area (Å²) in [4.78, 5) is 16.1. The maximum absolute atomic E-state index is 11.7. The number of nitrogens with one attached hydrogen (secondary N) is 1. The van der Waals surface area contributed by atoms with Crippen LogP contribution in [-0.4, -0.2) is 30.6 Å². The third kappa shape index (κ3) is 5.46. The molecule has 0 fully saturated rings. The molecule has 0 saturated carbocycles. The minimum atomic E-state index is -0.191. The number of hydrogen-bond acceptors (Lipinski definition) is 5. The first-order valence-corrected chi connectivity index (χ1v) is 7.29. The molecule has 2 rings (SSSR count). The lowest BCUT2D eigenvalue weighted by Gasteiger charge is -2.03. The van der Waals surface area contributed by atoms with Gasteiger partial charge in [0.1, 0.15) is 16.5 Å². The molecule has 0 saturated heterocycles. The number of halogens is 2. The third-order valence-electron chi connectivity index (χ3n) is 2.58. The van der Waals surface area contributed by atoms with E-state index in [0.717, 1.165) is 16.3 Å². The fraction of sp³-hybridized carbons (Fsp3) is 0.286. The zero-order chi connectivity index (χ0) is 14.4. The van der Waals surface area contributed by atoms with E-state index in [1.165, 1.54) is 11.3 Å². The minimum Gasteiger partial charge on any atom is -0.494 e. The van der Waals surface area contributed by atoms with Gasteiger partial charge < -0.3 is 15.8 Å². The van der Waals surface area contributed by atoms with Gasteiger partial charge in [-0.2, -0.15) is 0 Å². The van der Waals surface area contributed by atoms with Gasteiger partial charge in [0.2, 0.25) is 0 Å². The largest absolute Gasteiger partial charge is 0.494 e. The summed E-state index contributed by atoms with van der Waals surface area (Å²) < 4.78 is 5.39. The first-order chi connectivity index (χ1) is 9.74. The Hall–Kier alpha value is -1.34. The summed E-state index contributed by atoms with van der Waals surface area (Å²) in [6, 6.07) is 7.67. The summed E-state index contributed by atoms with van der Waals surface area (Å²) in [5.41, 5.74) is 6.74. The highest BCUT2D eigenvalue weighted by Gasteiger charge is 2.11. The van der Waals surface area contributed by atoms with Gasteiger partial charge in [-0.1, -0.05) is 0 Å². The van der Waals surface area contributed by atoms with Crippen LogP contribution in [0.3, 0.4) is 0 Å². The molecule has 3 N–H and O–H groups in total. The molecule has 0 spiro atoms. The Morgan fingerprint density at radius 2 is 2.00 bits per heavy atom. The van der Waals surface area contributed by atoms with Crippen molar-refractivity contribution in [1.29, 1.82) is 0 Å². The van der Waals surface area contributed by atoms with Crippen molar-refractivity contribution in [2.45, 2.75) is 6.92 Å². The van der Waals surface area contributed by atoms with Gasteiger partial charge in [0, 0.05) is 24.0 Å². The molecule has 1 heterocycles. The van der Waals surface area contributed by atoms with Crippen molar-refractivity contribution in [3.63, 3.8) is 0 Å². The number of carbonyl (C=O) groups is 1. The zero-order valence-electron chi connectivity index (χ0n) is 12.1. The lowest BCUT2D eigenvalue weighted by atomic mass is 10.2. The van der Waals surface area contributed by atoms with Crippen LogP contribution in [0.4, 0.5) is 0 Å². The van der Waals surface area contributed by atoms with Crippen LogP contribution in [0.2, 0.25) is 0 Å². The van der Waals surface area contributed by atoms with Crippen molar-refractivity contribution in [2.75, 3.05) is 19.7 Å². The number of hydrogen-bond donors (Lipinski definition) is 2. The van der Waals surface area contributed by atoms with E-state index in [9.17, 15) is 4.79 Å². The highest BCUT2D eigenvalue weighted by molar-refractivity contribution is 7.13. The standard InChI is InChI=1S/C14H17N3O2S.2ClH/c1-2-19-11-5-3-10(4-6-11)14-17-12(9-20-14)13(18)16-8-7-15;;/h3-6,9H,2,7-8,15H2,1H3,(H,16,18);2*1H. The van der Waals surface area contributed by atoms with Gasteiger partial charge in [0.05, 0.1) is 6.61 Å². The molecule has 0 bridgehead atoms. The number of aromatic nitrogens is 1. The zero-order valence-corrected chi connectivity index (χ0v) is 14.5. The predicted octanol–water partition coefficient (Wildman–Crippen LogP) is 2.74. The first-order valence-electron chi connectivity index (χ1n) is 6.41. The van der Waals surface area contributed by atoms with Crippen molar-refractivity contribution in [3.05, 3.63) is 35.3 Å². The molecular formula is C14H19Cl2N3O2S. The summed E-state index contributed by atoms with van der Waals surface area (Å²) in [5.74, 6) is 0.637. The molecular weight excluding hydrogens is 345 g/mol. The summed E-state index contributed by atoms with van der Waals surface area (Å²) in [5, 5.41) is 5.26. The second kappa shape index (κ2) is 10.4. The number of carbonyl (C=O) groups excluding carboxylic acids is 1. The van der Waals surface area contributed by atoms with E-state index in [0.29, 0.717) is 25.4 Å². The summed E-state index contributed by atoms with van der Waals surface area (Å²) in [6.45, 7) is 3.46. The Balaban J connectivity index is 0.00000220. The maximum Gasteiger partial charge on any atom is 0.270 e. The summed E-state index contributed by atoms with van der Waals surface area (Å²) >= 11 is 1.44. The average Bonchev–Trinajstić information content (AvgIpc) is 2.96. The van der Waals surface area contributed by atoms with E-state index >= 15 is 0 Å². The highest BCUT2D eigenvalue weighted by Crippen LogP contribution is 2.25. The van der Waals surface area contributed by atoms with Crippen LogP contribution in [-0.2, 0) is 0 Å². The minimum absolute atomic E-state index is 0. The fourth-order valence-electron chi connectivity index (χ4n) is 1.65. The van der Waals surface area contributed by atoms with Crippen LogP contribution in [0.15, 0.2) is 29.6 Å². The van der Waals surface area contributed by atoms with Crippen LogP contribution >= 0.6 is 36.2 Å². The quantitative estimate of drug-likeness (QED) is 0.826. The molecule has 0 aliphatic rings. The number of ether oxygens (including phenoxy) is 1. The lowest BCUT2D eigenvalue weighted by Crippen LogP contribution is -2.29. The summed E-state index contributed by atoms with van der Waals surface area (Å²) in [6.07, 6.45) is 0. The maximum atomic E-state index is 11.7. The van der Waals surface area contributed by atoms with E-state index in [1.807, 2.05) is 31.2 Å². The molecule has 1 aromatic heterocycles. The van der Waals surface area contributed by atoms with Gasteiger partial charge in [-0.3, -0.25) is 4.79 Å². The van der Waals surface area contributed by atoms with Crippen molar-refractivity contribution in [2.24, 2.45) is 5.73 Å². The van der Waals surface area contributed by atoms with Crippen LogP contribution in [0.25, 0.3) is 10.6 Å². The SMILES string of the molecule is CCOc1ccc(-c2nc(C(=O)NCCN)cs2)cc1.Cl.Cl. The number of nitrogens with zero attached hydrogens (tertiary/aromatic N) is 1. The molecule has 2 aromatic rings. The molecule has 8 heteroatoms. The van der Waals surface area contributed by atoms with Crippen molar-refractivity contribution in [1.82, 2.24) is 10.3 Å². The summed E-state index contributed by atoms with van der Waals surface area (Å²) in [7, 11) is 0. The van der Waals surface area contributed by atoms with Crippen molar-refractivity contribution >= 4 is 42.1 Å². The van der Waals surface area contributed by atoms with E-state index in [1.54, 1.807) is 5.38 Å². The number of nitrogens with two attached hydrogens (primary N) is 1. The number of rotatable bonds is 6. The Kier molecular flexibility index (Phi) is 9.76. The van der Waals surface area contributed by atoms with Gasteiger partial charge >= 0.3 is 0 Å². The molecule has 1 aromatic carbocycles. The molecule has 5 nitrogen and oxygen atoms in total. The first kappa shape index (κ1) is 20.7. The number of thiazole rings is 1. The monoisotopic (exact) mass is 363 g/mol. The lowest BCUT2D eigenvalue weighted by molar-refractivity contribution is 0.0950. The number of benzene rings is 1. The fourth-order valence-corrected chi connectivity index (χ4v) is 2.45. The smallest absolute Gasteiger partial charge is 0.270 e. The normalized spacial score (nSPS) is 9.36. The van der Waals surface area contributed by atoms with Gasteiger partial charge in [0.15, 0.2) is 0 Å². The van der Waals surface area contributed by atoms with Crippen LogP contribution in [0.1, 0.15) is 17.4 Å². The van der Waals surface area contributed by atoms with Gasteiger partial charge in [-0.25, -0.2) is 4.98 Å². The van der Waals surface area contributed by atoms with Gasteiger partial charge in [0.25, 0.3) is 5.91 Å². The third-order valence-corrected chi connectivity index (χ3v) is 3.47. The second-order valence-corrected chi connectivity index (χ2v) is 4.90. The van der Waals surface area contributed by atoms with Crippen LogP contribution in [0, 0.1) is 0 Å². The van der Waals surface area contributed by atoms with Gasteiger partial charge in [-0.05, 0) is 31.2 Å². The molecule has 22 heavy (non-hydrogen) atoms.